The van der Waals surface area contributed by atoms with Crippen LogP contribution in [-0.4, -0.2) is 18.1 Å². The Labute approximate surface area is 94.2 Å². The summed E-state index contributed by atoms with van der Waals surface area (Å²) in [5.74, 6) is -1.77. The van der Waals surface area contributed by atoms with Gasteiger partial charge in [-0.2, -0.15) is 0 Å². The number of hydrogen-bond acceptors (Lipinski definition) is 3. The van der Waals surface area contributed by atoms with E-state index in [1.807, 2.05) is 0 Å². The van der Waals surface area contributed by atoms with Crippen molar-refractivity contribution < 1.29 is 22.7 Å². The van der Waals surface area contributed by atoms with E-state index in [9.17, 15) is 18.0 Å². The lowest BCUT2D eigenvalue weighted by atomic mass is 10.2. The third kappa shape index (κ3) is 2.85. The molecule has 0 aliphatic carbocycles. The zero-order valence-corrected chi connectivity index (χ0v) is 8.89. The minimum Gasteiger partial charge on any atom is -0.469 e. The predicted molar refractivity (Wildman–Crippen MR) is 49.9 cm³/mol. The van der Waals surface area contributed by atoms with Gasteiger partial charge in [-0.3, -0.25) is 4.79 Å². The Morgan fingerprint density at radius 1 is 1.62 bits per heavy atom. The quantitative estimate of drug-likeness (QED) is 0.777. The van der Waals surface area contributed by atoms with Gasteiger partial charge in [-0.15, -0.1) is 0 Å². The summed E-state index contributed by atoms with van der Waals surface area (Å²) >= 11 is 5.48. The summed E-state index contributed by atoms with van der Waals surface area (Å²) in [6, 6.07) is 0.535. The average Bonchev–Trinajstić information content (AvgIpc) is 2.23. The number of ether oxygens (including phenoxy) is 1. The van der Waals surface area contributed by atoms with E-state index in [1.165, 1.54) is 0 Å². The Hall–Kier alpha value is -1.30. The molecule has 0 spiro atoms. The molecule has 0 saturated heterocycles. The SMILES string of the molecule is COC(=O)Cc1nc(C(F)F)cc(F)c1Cl. The van der Waals surface area contributed by atoms with Gasteiger partial charge in [0.2, 0.25) is 0 Å². The first kappa shape index (κ1) is 12.8. The van der Waals surface area contributed by atoms with Crippen molar-refractivity contribution in [1.29, 1.82) is 0 Å². The van der Waals surface area contributed by atoms with Gasteiger partial charge in [0.05, 0.1) is 24.2 Å². The van der Waals surface area contributed by atoms with E-state index >= 15 is 0 Å². The van der Waals surface area contributed by atoms with E-state index in [0.29, 0.717) is 6.07 Å². The predicted octanol–water partition coefficient (Wildman–Crippen LogP) is 2.53. The Bertz CT molecular complexity index is 412. The molecular formula is C9H7ClF3NO2. The number of rotatable bonds is 3. The summed E-state index contributed by atoms with van der Waals surface area (Å²) in [6.45, 7) is 0. The molecule has 0 aromatic carbocycles. The van der Waals surface area contributed by atoms with Gasteiger partial charge in [0, 0.05) is 6.07 Å². The molecule has 0 fully saturated rings. The van der Waals surface area contributed by atoms with Crippen molar-refractivity contribution in [2.75, 3.05) is 7.11 Å². The van der Waals surface area contributed by atoms with Crippen LogP contribution in [0.4, 0.5) is 13.2 Å². The molecule has 0 unspecified atom stereocenters. The highest BCUT2D eigenvalue weighted by molar-refractivity contribution is 6.31. The van der Waals surface area contributed by atoms with Gasteiger partial charge in [-0.1, -0.05) is 11.6 Å². The molecule has 0 aliphatic rings. The Morgan fingerprint density at radius 3 is 2.75 bits per heavy atom. The van der Waals surface area contributed by atoms with Gasteiger partial charge in [-0.25, -0.2) is 18.2 Å². The molecule has 0 atom stereocenters. The molecule has 0 amide bonds. The van der Waals surface area contributed by atoms with E-state index < -0.39 is 35.3 Å². The zero-order chi connectivity index (χ0) is 12.3. The van der Waals surface area contributed by atoms with Gasteiger partial charge >= 0.3 is 5.97 Å². The highest BCUT2D eigenvalue weighted by atomic mass is 35.5. The van der Waals surface area contributed by atoms with Crippen LogP contribution in [0.15, 0.2) is 6.07 Å². The molecule has 3 nitrogen and oxygen atoms in total. The Balaban J connectivity index is 3.11. The second-order valence-electron chi connectivity index (χ2n) is 2.84. The molecule has 7 heteroatoms. The van der Waals surface area contributed by atoms with E-state index in [2.05, 4.69) is 9.72 Å². The minimum absolute atomic E-state index is 0.260. The molecule has 0 aliphatic heterocycles. The maximum absolute atomic E-state index is 13.1. The molecular weight excluding hydrogens is 247 g/mol. The van der Waals surface area contributed by atoms with Crippen molar-refractivity contribution in [2.45, 2.75) is 12.8 Å². The number of methoxy groups -OCH3 is 1. The summed E-state index contributed by atoms with van der Waals surface area (Å²) < 4.78 is 42.0. The summed E-state index contributed by atoms with van der Waals surface area (Å²) in [4.78, 5) is 14.3. The number of nitrogens with zero attached hydrogens (tertiary/aromatic N) is 1. The van der Waals surface area contributed by atoms with Gasteiger partial charge in [0.1, 0.15) is 11.5 Å². The number of esters is 1. The Kier molecular flexibility index (Phi) is 4.12. The third-order valence-electron chi connectivity index (χ3n) is 1.76. The fourth-order valence-corrected chi connectivity index (χ4v) is 1.17. The molecule has 0 bridgehead atoms. The number of carbonyl (C=O) groups excluding carboxylic acids is 1. The summed E-state index contributed by atoms with van der Waals surface area (Å²) in [5, 5.41) is -0.449. The van der Waals surface area contributed by atoms with Crippen LogP contribution in [-0.2, 0) is 16.0 Å². The monoisotopic (exact) mass is 253 g/mol. The maximum Gasteiger partial charge on any atom is 0.311 e. The van der Waals surface area contributed by atoms with Gasteiger partial charge in [0.15, 0.2) is 0 Å². The van der Waals surface area contributed by atoms with Crippen molar-refractivity contribution in [2.24, 2.45) is 0 Å². The number of carbonyl (C=O) groups is 1. The number of halogens is 4. The first-order chi connectivity index (χ1) is 7.45. The molecule has 1 rings (SSSR count). The highest BCUT2D eigenvalue weighted by Crippen LogP contribution is 2.24. The van der Waals surface area contributed by atoms with Crippen LogP contribution >= 0.6 is 11.6 Å². The van der Waals surface area contributed by atoms with Gasteiger partial charge in [-0.05, 0) is 0 Å². The fraction of sp³-hybridized carbons (Fsp3) is 0.333. The van der Waals surface area contributed by atoms with Gasteiger partial charge in [0.25, 0.3) is 6.43 Å². The fourth-order valence-electron chi connectivity index (χ4n) is 1.01. The second kappa shape index (κ2) is 5.16. The molecule has 1 heterocycles. The normalized spacial score (nSPS) is 10.6. The lowest BCUT2D eigenvalue weighted by Crippen LogP contribution is -2.09. The van der Waals surface area contributed by atoms with Crippen molar-refractivity contribution >= 4 is 17.6 Å². The van der Waals surface area contributed by atoms with E-state index in [-0.39, 0.29) is 5.69 Å². The van der Waals surface area contributed by atoms with Crippen LogP contribution in [0, 0.1) is 5.82 Å². The number of hydrogen-bond donors (Lipinski definition) is 0. The second-order valence-corrected chi connectivity index (χ2v) is 3.22. The topological polar surface area (TPSA) is 39.2 Å². The molecule has 0 radical (unpaired) electrons. The lowest BCUT2D eigenvalue weighted by molar-refractivity contribution is -0.139. The van der Waals surface area contributed by atoms with E-state index in [4.69, 9.17) is 11.6 Å². The highest BCUT2D eigenvalue weighted by Gasteiger charge is 2.18. The molecule has 16 heavy (non-hydrogen) atoms. The summed E-state index contributed by atoms with van der Waals surface area (Å²) in [6.07, 6.45) is -3.38. The van der Waals surface area contributed by atoms with Crippen molar-refractivity contribution in [1.82, 2.24) is 4.98 Å². The standard InChI is InChI=1S/C9H7ClF3NO2/c1-16-7(15)3-5-8(10)4(11)2-6(14-5)9(12)13/h2,9H,3H2,1H3. The van der Waals surface area contributed by atoms with E-state index in [1.54, 1.807) is 0 Å². The smallest absolute Gasteiger partial charge is 0.311 e. The number of aromatic nitrogens is 1. The van der Waals surface area contributed by atoms with Crippen molar-refractivity contribution in [3.63, 3.8) is 0 Å². The summed E-state index contributed by atoms with van der Waals surface area (Å²) in [7, 11) is 1.11. The van der Waals surface area contributed by atoms with Crippen molar-refractivity contribution in [3.8, 4) is 0 Å². The lowest BCUT2D eigenvalue weighted by Gasteiger charge is -2.06. The maximum atomic E-state index is 13.1. The molecule has 1 aromatic heterocycles. The first-order valence-electron chi connectivity index (χ1n) is 4.15. The van der Waals surface area contributed by atoms with Crippen LogP contribution < -0.4 is 0 Å². The Morgan fingerprint density at radius 2 is 2.25 bits per heavy atom. The van der Waals surface area contributed by atoms with Crippen LogP contribution in [0.3, 0.4) is 0 Å². The third-order valence-corrected chi connectivity index (χ3v) is 2.16. The molecule has 0 saturated carbocycles. The van der Waals surface area contributed by atoms with Crippen molar-refractivity contribution in [3.05, 3.63) is 28.3 Å². The molecule has 1 aromatic rings. The van der Waals surface area contributed by atoms with Crippen LogP contribution in [0.25, 0.3) is 0 Å². The average molecular weight is 254 g/mol. The van der Waals surface area contributed by atoms with Gasteiger partial charge < -0.3 is 4.74 Å². The largest absolute Gasteiger partial charge is 0.469 e. The first-order valence-corrected chi connectivity index (χ1v) is 4.53. The molecule has 88 valence electrons. The van der Waals surface area contributed by atoms with Crippen LogP contribution in [0.1, 0.15) is 17.8 Å². The van der Waals surface area contributed by atoms with E-state index in [0.717, 1.165) is 7.11 Å². The number of alkyl halides is 2. The minimum atomic E-state index is -2.93. The molecule has 0 N–H and O–H groups in total. The zero-order valence-electron chi connectivity index (χ0n) is 8.14. The van der Waals surface area contributed by atoms with Crippen LogP contribution in [0.5, 0.6) is 0 Å². The summed E-state index contributed by atoms with van der Waals surface area (Å²) in [5.41, 5.74) is -1.02. The van der Waals surface area contributed by atoms with Crippen LogP contribution in [0.2, 0.25) is 5.02 Å². The number of pyridine rings is 1.